The van der Waals surface area contributed by atoms with Crippen LogP contribution in [0.25, 0.3) is 6.08 Å². The number of benzene rings is 2. The molecular formula is C16H9N3O6. The predicted octanol–water partition coefficient (Wildman–Crippen LogP) is 2.85. The Kier molecular flexibility index (Phi) is 4.04. The van der Waals surface area contributed by atoms with Crippen LogP contribution in [0.3, 0.4) is 0 Å². The van der Waals surface area contributed by atoms with Gasteiger partial charge in [-0.3, -0.25) is 20.2 Å². The van der Waals surface area contributed by atoms with Crippen LogP contribution in [0.1, 0.15) is 11.1 Å². The molecule has 0 saturated carbocycles. The van der Waals surface area contributed by atoms with E-state index < -0.39 is 15.8 Å². The standard InChI is InChI=1S/C16H9N3O6/c20-16-12(9-10-5-1-3-7-13(10)18(21)22)17-15(25-16)11-6-2-4-8-14(11)19(23)24/h1-9H. The van der Waals surface area contributed by atoms with Gasteiger partial charge in [0.2, 0.25) is 5.90 Å². The van der Waals surface area contributed by atoms with Crippen molar-refractivity contribution in [1.82, 2.24) is 0 Å². The fourth-order valence-corrected chi connectivity index (χ4v) is 2.26. The van der Waals surface area contributed by atoms with Crippen molar-refractivity contribution >= 4 is 29.3 Å². The number of aliphatic imine (C=N–C) groups is 1. The van der Waals surface area contributed by atoms with Crippen molar-refractivity contribution in [2.24, 2.45) is 4.99 Å². The number of esters is 1. The summed E-state index contributed by atoms with van der Waals surface area (Å²) in [5.41, 5.74) is -0.417. The Hall–Kier alpha value is -3.88. The van der Waals surface area contributed by atoms with Crippen LogP contribution in [0, 0.1) is 20.2 Å². The van der Waals surface area contributed by atoms with Gasteiger partial charge in [-0.05, 0) is 18.2 Å². The molecule has 0 spiro atoms. The van der Waals surface area contributed by atoms with Crippen molar-refractivity contribution in [1.29, 1.82) is 0 Å². The number of nitro groups is 2. The maximum atomic E-state index is 12.0. The van der Waals surface area contributed by atoms with E-state index in [0.717, 1.165) is 0 Å². The van der Waals surface area contributed by atoms with Crippen LogP contribution >= 0.6 is 0 Å². The predicted molar refractivity (Wildman–Crippen MR) is 86.8 cm³/mol. The molecule has 2 aromatic carbocycles. The number of cyclic esters (lactones) is 1. The maximum Gasteiger partial charge on any atom is 0.363 e. The first-order valence-corrected chi connectivity index (χ1v) is 6.97. The zero-order valence-corrected chi connectivity index (χ0v) is 12.5. The smallest absolute Gasteiger partial charge is 0.363 e. The average Bonchev–Trinajstić information content (AvgIpc) is 2.96. The number of nitro benzene ring substituents is 2. The number of ether oxygens (including phenoxy) is 1. The van der Waals surface area contributed by atoms with Crippen LogP contribution in [0.15, 0.2) is 59.2 Å². The molecule has 2 aromatic rings. The molecule has 0 aromatic heterocycles. The molecule has 1 aliphatic rings. The Balaban J connectivity index is 2.05. The highest BCUT2D eigenvalue weighted by atomic mass is 16.6. The van der Waals surface area contributed by atoms with Gasteiger partial charge in [-0.2, -0.15) is 0 Å². The van der Waals surface area contributed by atoms with Crippen LogP contribution in [0.4, 0.5) is 11.4 Å². The third-order valence-corrected chi connectivity index (χ3v) is 3.38. The molecule has 0 unspecified atom stereocenters. The molecule has 0 radical (unpaired) electrons. The first kappa shape index (κ1) is 16.0. The van der Waals surface area contributed by atoms with Gasteiger partial charge in [0.25, 0.3) is 11.4 Å². The van der Waals surface area contributed by atoms with E-state index in [0.29, 0.717) is 0 Å². The van der Waals surface area contributed by atoms with E-state index >= 15 is 0 Å². The lowest BCUT2D eigenvalue weighted by Crippen LogP contribution is -2.07. The summed E-state index contributed by atoms with van der Waals surface area (Å²) < 4.78 is 4.99. The van der Waals surface area contributed by atoms with Crippen LogP contribution < -0.4 is 0 Å². The van der Waals surface area contributed by atoms with Crippen molar-refractivity contribution in [3.63, 3.8) is 0 Å². The lowest BCUT2D eigenvalue weighted by atomic mass is 10.1. The lowest BCUT2D eigenvalue weighted by Gasteiger charge is -2.00. The number of nitrogens with zero attached hydrogens (tertiary/aromatic N) is 3. The molecule has 1 aliphatic heterocycles. The Bertz CT molecular complexity index is 964. The first-order valence-electron chi connectivity index (χ1n) is 6.97. The molecule has 9 heteroatoms. The second-order valence-corrected chi connectivity index (χ2v) is 4.93. The lowest BCUT2D eigenvalue weighted by molar-refractivity contribution is -0.385. The van der Waals surface area contributed by atoms with Crippen molar-refractivity contribution < 1.29 is 19.4 Å². The van der Waals surface area contributed by atoms with Gasteiger partial charge >= 0.3 is 5.97 Å². The summed E-state index contributed by atoms with van der Waals surface area (Å²) in [5.74, 6) is -1.06. The van der Waals surface area contributed by atoms with Gasteiger partial charge in [0.15, 0.2) is 5.70 Å². The number of rotatable bonds is 4. The molecule has 25 heavy (non-hydrogen) atoms. The number of carbonyl (C=O) groups excluding carboxylic acids is 1. The molecule has 0 saturated heterocycles. The van der Waals surface area contributed by atoms with Gasteiger partial charge in [-0.25, -0.2) is 9.79 Å². The molecule has 0 bridgehead atoms. The fourth-order valence-electron chi connectivity index (χ4n) is 2.26. The Morgan fingerprint density at radius 1 is 0.920 bits per heavy atom. The Labute approximate surface area is 140 Å². The van der Waals surface area contributed by atoms with E-state index in [4.69, 9.17) is 4.74 Å². The van der Waals surface area contributed by atoms with Crippen LogP contribution in [0.2, 0.25) is 0 Å². The molecule has 0 amide bonds. The monoisotopic (exact) mass is 339 g/mol. The van der Waals surface area contributed by atoms with Crippen LogP contribution in [-0.2, 0) is 9.53 Å². The zero-order valence-electron chi connectivity index (χ0n) is 12.5. The topological polar surface area (TPSA) is 125 Å². The van der Waals surface area contributed by atoms with Gasteiger partial charge < -0.3 is 4.74 Å². The number of hydrogen-bond donors (Lipinski definition) is 0. The van der Waals surface area contributed by atoms with Gasteiger partial charge in [0, 0.05) is 12.1 Å². The van der Waals surface area contributed by atoms with E-state index in [1.807, 2.05) is 0 Å². The van der Waals surface area contributed by atoms with Crippen molar-refractivity contribution in [2.45, 2.75) is 0 Å². The van der Waals surface area contributed by atoms with Gasteiger partial charge in [0.1, 0.15) is 5.56 Å². The van der Waals surface area contributed by atoms with Crippen molar-refractivity contribution in [2.75, 3.05) is 0 Å². The Morgan fingerprint density at radius 2 is 1.52 bits per heavy atom. The van der Waals surface area contributed by atoms with E-state index in [-0.39, 0.29) is 34.1 Å². The average molecular weight is 339 g/mol. The number of hydrogen-bond acceptors (Lipinski definition) is 7. The maximum absolute atomic E-state index is 12.0. The number of carbonyl (C=O) groups is 1. The molecule has 3 rings (SSSR count). The highest BCUT2D eigenvalue weighted by Crippen LogP contribution is 2.27. The molecule has 0 atom stereocenters. The highest BCUT2D eigenvalue weighted by molar-refractivity contribution is 6.14. The van der Waals surface area contributed by atoms with Crippen LogP contribution in [0.5, 0.6) is 0 Å². The molecule has 124 valence electrons. The highest BCUT2D eigenvalue weighted by Gasteiger charge is 2.29. The van der Waals surface area contributed by atoms with E-state index in [9.17, 15) is 25.0 Å². The van der Waals surface area contributed by atoms with E-state index in [2.05, 4.69) is 4.99 Å². The van der Waals surface area contributed by atoms with E-state index in [1.54, 1.807) is 12.1 Å². The largest absolute Gasteiger partial charge is 0.402 e. The van der Waals surface area contributed by atoms with Crippen molar-refractivity contribution in [3.8, 4) is 0 Å². The number of para-hydroxylation sites is 2. The molecule has 9 nitrogen and oxygen atoms in total. The summed E-state index contributed by atoms with van der Waals surface area (Å²) in [6, 6.07) is 11.5. The minimum Gasteiger partial charge on any atom is -0.402 e. The molecule has 1 heterocycles. The van der Waals surface area contributed by atoms with Gasteiger partial charge in [0.05, 0.1) is 15.4 Å². The second-order valence-electron chi connectivity index (χ2n) is 4.93. The second kappa shape index (κ2) is 6.32. The normalized spacial score (nSPS) is 15.0. The zero-order chi connectivity index (χ0) is 18.0. The van der Waals surface area contributed by atoms with E-state index in [1.165, 1.54) is 42.5 Å². The Morgan fingerprint density at radius 3 is 2.20 bits per heavy atom. The molecule has 0 fully saturated rings. The van der Waals surface area contributed by atoms with Gasteiger partial charge in [-0.15, -0.1) is 0 Å². The third kappa shape index (κ3) is 3.11. The summed E-state index contributed by atoms with van der Waals surface area (Å²) in [7, 11) is 0. The molecule has 0 N–H and O–H groups in total. The summed E-state index contributed by atoms with van der Waals surface area (Å²) >= 11 is 0. The molecule has 0 aliphatic carbocycles. The molecular weight excluding hydrogens is 330 g/mol. The van der Waals surface area contributed by atoms with Crippen molar-refractivity contribution in [3.05, 3.63) is 85.6 Å². The summed E-state index contributed by atoms with van der Waals surface area (Å²) in [6.45, 7) is 0. The summed E-state index contributed by atoms with van der Waals surface area (Å²) in [5, 5.41) is 22.1. The first-order chi connectivity index (χ1) is 12.0. The third-order valence-electron chi connectivity index (χ3n) is 3.38. The fraction of sp³-hybridized carbons (Fsp3) is 0. The van der Waals surface area contributed by atoms with Crippen LogP contribution in [-0.4, -0.2) is 21.7 Å². The SMILES string of the molecule is O=C1OC(c2ccccc2[N+](=O)[O-])=NC1=Cc1ccccc1[N+](=O)[O-]. The minimum absolute atomic E-state index is 0.0480. The summed E-state index contributed by atoms with van der Waals surface area (Å²) in [4.78, 5) is 36.8. The minimum atomic E-state index is -0.841. The summed E-state index contributed by atoms with van der Waals surface area (Å²) in [6.07, 6.45) is 1.21. The van der Waals surface area contributed by atoms with Gasteiger partial charge in [-0.1, -0.05) is 24.3 Å². The quantitative estimate of drug-likeness (QED) is 0.365.